The molecule has 6 nitrogen and oxygen atoms in total. The molecule has 0 amide bonds. The monoisotopic (exact) mass is 372 g/mol. The highest BCUT2D eigenvalue weighted by molar-refractivity contribution is 5.89. The van der Waals surface area contributed by atoms with E-state index in [1.54, 1.807) is 0 Å². The van der Waals surface area contributed by atoms with Gasteiger partial charge in [0.15, 0.2) is 11.6 Å². The van der Waals surface area contributed by atoms with Crippen LogP contribution < -0.4 is 4.90 Å². The van der Waals surface area contributed by atoms with E-state index in [1.807, 2.05) is 10.9 Å². The molecule has 142 valence electrons. The topological polar surface area (TPSA) is 50.1 Å². The maximum atomic E-state index is 13.7. The molecular weight excluding hydrogens is 350 g/mol. The smallest absolute Gasteiger partial charge is 0.161 e. The molecule has 3 heterocycles. The molecule has 3 aromatic rings. The normalized spacial score (nSPS) is 16.0. The minimum atomic E-state index is -0.887. The van der Waals surface area contributed by atoms with E-state index in [0.29, 0.717) is 16.7 Å². The standard InChI is InChI=1S/C19H22F2N6/c1-2-27-12-14(10-24-27)11-25-4-3-5-26(7-6-25)19-15-8-16(20)17(21)9-18(15)22-13-23-19/h8-10,12-13H,2-7,11H2,1H3. The summed E-state index contributed by atoms with van der Waals surface area (Å²) in [5, 5.41) is 4.88. The molecule has 0 unspecified atom stereocenters. The maximum absolute atomic E-state index is 13.7. The van der Waals surface area contributed by atoms with E-state index >= 15 is 0 Å². The van der Waals surface area contributed by atoms with E-state index in [-0.39, 0.29) is 0 Å². The summed E-state index contributed by atoms with van der Waals surface area (Å²) in [4.78, 5) is 13.0. The number of hydrogen-bond acceptors (Lipinski definition) is 5. The summed E-state index contributed by atoms with van der Waals surface area (Å²) in [5.41, 5.74) is 1.63. The number of aryl methyl sites for hydroxylation is 1. The van der Waals surface area contributed by atoms with Crippen LogP contribution in [0.5, 0.6) is 0 Å². The number of fused-ring (bicyclic) bond motifs is 1. The molecule has 1 saturated heterocycles. The van der Waals surface area contributed by atoms with Gasteiger partial charge in [-0.2, -0.15) is 5.10 Å². The molecule has 1 aromatic carbocycles. The van der Waals surface area contributed by atoms with Crippen molar-refractivity contribution in [3.63, 3.8) is 0 Å². The first-order valence-electron chi connectivity index (χ1n) is 9.22. The zero-order valence-corrected chi connectivity index (χ0v) is 15.3. The minimum absolute atomic E-state index is 0.423. The second kappa shape index (κ2) is 7.56. The van der Waals surface area contributed by atoms with Gasteiger partial charge in [0.1, 0.15) is 12.1 Å². The summed E-state index contributed by atoms with van der Waals surface area (Å²) in [5.74, 6) is -1.09. The zero-order valence-electron chi connectivity index (χ0n) is 15.3. The van der Waals surface area contributed by atoms with Crippen molar-refractivity contribution in [1.29, 1.82) is 0 Å². The average Bonchev–Trinajstić information content (AvgIpc) is 2.99. The SMILES string of the molecule is CCn1cc(CN2CCCN(c3ncnc4cc(F)c(F)cc34)CC2)cn1. The highest BCUT2D eigenvalue weighted by Gasteiger charge is 2.19. The van der Waals surface area contributed by atoms with Gasteiger partial charge < -0.3 is 4.90 Å². The number of rotatable bonds is 4. The second-order valence-electron chi connectivity index (χ2n) is 6.80. The molecule has 1 aliphatic heterocycles. The first-order valence-corrected chi connectivity index (χ1v) is 9.22. The number of anilines is 1. The predicted molar refractivity (Wildman–Crippen MR) is 99.5 cm³/mol. The maximum Gasteiger partial charge on any atom is 0.161 e. The molecule has 4 rings (SSSR count). The van der Waals surface area contributed by atoms with Crippen LogP contribution in [0.15, 0.2) is 30.9 Å². The third kappa shape index (κ3) is 3.75. The van der Waals surface area contributed by atoms with Gasteiger partial charge in [0.05, 0.1) is 11.7 Å². The average molecular weight is 372 g/mol. The van der Waals surface area contributed by atoms with E-state index < -0.39 is 11.6 Å². The second-order valence-corrected chi connectivity index (χ2v) is 6.80. The van der Waals surface area contributed by atoms with Gasteiger partial charge in [-0.1, -0.05) is 0 Å². The van der Waals surface area contributed by atoms with Crippen molar-refractivity contribution in [3.05, 3.63) is 48.1 Å². The Morgan fingerprint density at radius 3 is 2.70 bits per heavy atom. The minimum Gasteiger partial charge on any atom is -0.355 e. The Bertz CT molecular complexity index is 941. The molecule has 0 N–H and O–H groups in total. The summed E-state index contributed by atoms with van der Waals surface area (Å²) < 4.78 is 29.2. The molecule has 8 heteroatoms. The van der Waals surface area contributed by atoms with Crippen molar-refractivity contribution in [2.24, 2.45) is 0 Å². The molecule has 0 aliphatic carbocycles. The number of halogens is 2. The van der Waals surface area contributed by atoms with Gasteiger partial charge in [-0.3, -0.25) is 9.58 Å². The lowest BCUT2D eigenvalue weighted by Gasteiger charge is -2.23. The number of aromatic nitrogens is 4. The van der Waals surface area contributed by atoms with Crippen LogP contribution >= 0.6 is 0 Å². The van der Waals surface area contributed by atoms with E-state index in [4.69, 9.17) is 0 Å². The van der Waals surface area contributed by atoms with Crippen molar-refractivity contribution in [2.75, 3.05) is 31.1 Å². The lowest BCUT2D eigenvalue weighted by atomic mass is 10.2. The largest absolute Gasteiger partial charge is 0.355 e. The van der Waals surface area contributed by atoms with Crippen LogP contribution in [0.2, 0.25) is 0 Å². The van der Waals surface area contributed by atoms with Gasteiger partial charge in [0.25, 0.3) is 0 Å². The molecule has 0 spiro atoms. The summed E-state index contributed by atoms with van der Waals surface area (Å²) in [6.07, 6.45) is 6.38. The van der Waals surface area contributed by atoms with Gasteiger partial charge in [-0.05, 0) is 19.4 Å². The highest BCUT2D eigenvalue weighted by Crippen LogP contribution is 2.26. The molecule has 27 heavy (non-hydrogen) atoms. The van der Waals surface area contributed by atoms with Gasteiger partial charge in [0.2, 0.25) is 0 Å². The summed E-state index contributed by atoms with van der Waals surface area (Å²) in [6, 6.07) is 2.33. The summed E-state index contributed by atoms with van der Waals surface area (Å²) in [7, 11) is 0. The first-order chi connectivity index (χ1) is 13.1. The van der Waals surface area contributed by atoms with E-state index in [9.17, 15) is 8.78 Å². The van der Waals surface area contributed by atoms with Crippen molar-refractivity contribution in [3.8, 4) is 0 Å². The Kier molecular flexibility index (Phi) is 4.98. The van der Waals surface area contributed by atoms with E-state index in [1.165, 1.54) is 18.0 Å². The lowest BCUT2D eigenvalue weighted by Crippen LogP contribution is -2.31. The summed E-state index contributed by atoms with van der Waals surface area (Å²) in [6.45, 7) is 7.22. The molecule has 0 atom stereocenters. The fourth-order valence-corrected chi connectivity index (χ4v) is 3.55. The van der Waals surface area contributed by atoms with Gasteiger partial charge in [-0.15, -0.1) is 0 Å². The molecule has 0 bridgehead atoms. The van der Waals surface area contributed by atoms with Crippen molar-refractivity contribution in [2.45, 2.75) is 26.4 Å². The number of hydrogen-bond donors (Lipinski definition) is 0. The number of nitrogens with zero attached hydrogens (tertiary/aromatic N) is 6. The van der Waals surface area contributed by atoms with Crippen molar-refractivity contribution >= 4 is 16.7 Å². The zero-order chi connectivity index (χ0) is 18.8. The van der Waals surface area contributed by atoms with Gasteiger partial charge in [-0.25, -0.2) is 18.7 Å². The van der Waals surface area contributed by atoms with Crippen LogP contribution in [-0.4, -0.2) is 50.8 Å². The quantitative estimate of drug-likeness (QED) is 0.705. The van der Waals surface area contributed by atoms with Crippen LogP contribution in [0.4, 0.5) is 14.6 Å². The fourth-order valence-electron chi connectivity index (χ4n) is 3.55. The van der Waals surface area contributed by atoms with Crippen LogP contribution in [0.3, 0.4) is 0 Å². The summed E-state index contributed by atoms with van der Waals surface area (Å²) >= 11 is 0. The third-order valence-corrected chi connectivity index (χ3v) is 4.96. The van der Waals surface area contributed by atoms with Crippen molar-refractivity contribution in [1.82, 2.24) is 24.6 Å². The van der Waals surface area contributed by atoms with Crippen LogP contribution in [0.1, 0.15) is 18.9 Å². The fraction of sp³-hybridized carbons (Fsp3) is 0.421. The van der Waals surface area contributed by atoms with Crippen LogP contribution in [0, 0.1) is 11.6 Å². The Balaban J connectivity index is 1.51. The van der Waals surface area contributed by atoms with Crippen LogP contribution in [0.25, 0.3) is 10.9 Å². The Morgan fingerprint density at radius 1 is 1.04 bits per heavy atom. The third-order valence-electron chi connectivity index (χ3n) is 4.96. The molecule has 0 radical (unpaired) electrons. The molecule has 1 aliphatic rings. The highest BCUT2D eigenvalue weighted by atomic mass is 19.2. The van der Waals surface area contributed by atoms with Gasteiger partial charge in [0, 0.05) is 62.5 Å². The van der Waals surface area contributed by atoms with E-state index in [2.05, 4.69) is 38.0 Å². The molecule has 2 aromatic heterocycles. The van der Waals surface area contributed by atoms with Crippen LogP contribution in [-0.2, 0) is 13.1 Å². The Morgan fingerprint density at radius 2 is 1.89 bits per heavy atom. The number of benzene rings is 1. The van der Waals surface area contributed by atoms with E-state index in [0.717, 1.165) is 51.8 Å². The van der Waals surface area contributed by atoms with Crippen molar-refractivity contribution < 1.29 is 8.78 Å². The molecule has 1 fully saturated rings. The molecule has 0 saturated carbocycles. The Hall–Kier alpha value is -2.61. The lowest BCUT2D eigenvalue weighted by molar-refractivity contribution is 0.285. The Labute approximate surface area is 156 Å². The predicted octanol–water partition coefficient (Wildman–Crippen LogP) is 2.84. The first kappa shape index (κ1) is 17.8. The molecular formula is C19H22F2N6. The van der Waals surface area contributed by atoms with Gasteiger partial charge >= 0.3 is 0 Å².